The van der Waals surface area contributed by atoms with Crippen molar-refractivity contribution < 1.29 is 14.6 Å². The molecule has 0 bridgehead atoms. The van der Waals surface area contributed by atoms with Crippen LogP contribution in [0.2, 0.25) is 0 Å². The molecule has 0 saturated carbocycles. The lowest BCUT2D eigenvalue weighted by Gasteiger charge is -2.42. The van der Waals surface area contributed by atoms with Gasteiger partial charge in [-0.1, -0.05) is 0 Å². The summed E-state index contributed by atoms with van der Waals surface area (Å²) in [5.41, 5.74) is 4.04. The molecule has 1 aromatic carbocycles. The summed E-state index contributed by atoms with van der Waals surface area (Å²) in [4.78, 5) is 4.47. The minimum Gasteiger partial charge on any atom is -0.493 e. The number of ether oxygens (including phenoxy) is 2. The molecule has 0 radical (unpaired) electrons. The van der Waals surface area contributed by atoms with Crippen molar-refractivity contribution in [2.75, 3.05) is 47.1 Å². The molecule has 128 valence electrons. The van der Waals surface area contributed by atoms with E-state index in [-0.39, 0.29) is 6.61 Å². The van der Waals surface area contributed by atoms with Crippen molar-refractivity contribution in [3.05, 3.63) is 28.8 Å². The van der Waals surface area contributed by atoms with Crippen LogP contribution in [-0.4, -0.2) is 62.0 Å². The minimum absolute atomic E-state index is 0.175. The summed E-state index contributed by atoms with van der Waals surface area (Å²) in [5.74, 6) is 1.41. The number of hydrogen-bond donors (Lipinski definition) is 1. The maximum Gasteiger partial charge on any atom is 0.161 e. The monoisotopic (exact) mass is 329 g/mol. The SMILES string of the molecule is COc1cc2c(cc1OC)C1=C(C#N)CN(CCCO)CN1CC2. The average molecular weight is 329 g/mol. The van der Waals surface area contributed by atoms with Crippen molar-refractivity contribution in [3.8, 4) is 17.6 Å². The molecule has 2 aliphatic rings. The van der Waals surface area contributed by atoms with Gasteiger partial charge in [-0.25, -0.2) is 0 Å². The lowest BCUT2D eigenvalue weighted by Crippen LogP contribution is -2.46. The maximum absolute atomic E-state index is 9.66. The zero-order valence-corrected chi connectivity index (χ0v) is 14.2. The van der Waals surface area contributed by atoms with Crippen molar-refractivity contribution >= 4 is 5.70 Å². The zero-order valence-electron chi connectivity index (χ0n) is 14.2. The summed E-state index contributed by atoms with van der Waals surface area (Å²) in [5, 5.41) is 18.7. The Bertz CT molecular complexity index is 693. The smallest absolute Gasteiger partial charge is 0.161 e. The molecule has 1 N–H and O–H groups in total. The average Bonchev–Trinajstić information content (AvgIpc) is 2.63. The largest absolute Gasteiger partial charge is 0.493 e. The van der Waals surface area contributed by atoms with Crippen molar-refractivity contribution in [1.29, 1.82) is 5.26 Å². The Morgan fingerprint density at radius 3 is 2.67 bits per heavy atom. The lowest BCUT2D eigenvalue weighted by atomic mass is 9.92. The second kappa shape index (κ2) is 7.12. The Kier molecular flexibility index (Phi) is 4.93. The van der Waals surface area contributed by atoms with E-state index in [4.69, 9.17) is 14.6 Å². The van der Waals surface area contributed by atoms with Crippen LogP contribution >= 0.6 is 0 Å². The van der Waals surface area contributed by atoms with Crippen molar-refractivity contribution in [1.82, 2.24) is 9.80 Å². The first kappa shape index (κ1) is 16.6. The first-order valence-electron chi connectivity index (χ1n) is 8.18. The van der Waals surface area contributed by atoms with E-state index in [2.05, 4.69) is 15.9 Å². The van der Waals surface area contributed by atoms with E-state index in [1.807, 2.05) is 12.1 Å². The van der Waals surface area contributed by atoms with Crippen LogP contribution in [0.5, 0.6) is 11.5 Å². The highest BCUT2D eigenvalue weighted by molar-refractivity contribution is 5.77. The van der Waals surface area contributed by atoms with Gasteiger partial charge in [0.25, 0.3) is 0 Å². The number of nitrogens with zero attached hydrogens (tertiary/aromatic N) is 3. The molecule has 2 aliphatic heterocycles. The van der Waals surface area contributed by atoms with Gasteiger partial charge in [-0.3, -0.25) is 4.90 Å². The zero-order chi connectivity index (χ0) is 17.1. The number of hydrogen-bond acceptors (Lipinski definition) is 6. The standard InChI is InChI=1S/C18H23N3O3/c1-23-16-8-13-4-6-21-12-20(5-3-7-22)11-14(10-19)18(21)15(13)9-17(16)24-2/h8-9,22H,3-7,11-12H2,1-2H3. The molecule has 3 rings (SSSR count). The number of methoxy groups -OCH3 is 2. The van der Waals surface area contributed by atoms with E-state index >= 15 is 0 Å². The third kappa shape index (κ3) is 2.93. The van der Waals surface area contributed by atoms with E-state index in [1.165, 1.54) is 5.56 Å². The highest BCUT2D eigenvalue weighted by Crippen LogP contribution is 2.40. The molecule has 0 fully saturated rings. The molecule has 2 heterocycles. The van der Waals surface area contributed by atoms with Gasteiger partial charge >= 0.3 is 0 Å². The number of nitriles is 1. The van der Waals surface area contributed by atoms with E-state index in [0.29, 0.717) is 12.3 Å². The predicted octanol–water partition coefficient (Wildman–Crippen LogP) is 1.45. The maximum atomic E-state index is 9.66. The Labute approximate surface area is 142 Å². The summed E-state index contributed by atoms with van der Waals surface area (Å²) in [6.45, 7) is 3.25. The fourth-order valence-corrected chi connectivity index (χ4v) is 3.50. The van der Waals surface area contributed by atoms with Gasteiger partial charge in [0.1, 0.15) is 0 Å². The first-order chi connectivity index (χ1) is 11.7. The van der Waals surface area contributed by atoms with Crippen LogP contribution in [0.25, 0.3) is 5.70 Å². The molecule has 0 spiro atoms. The normalized spacial score (nSPS) is 17.2. The molecule has 0 atom stereocenters. The van der Waals surface area contributed by atoms with Crippen molar-refractivity contribution in [2.24, 2.45) is 0 Å². The highest BCUT2D eigenvalue weighted by Gasteiger charge is 2.31. The van der Waals surface area contributed by atoms with Crippen LogP contribution in [0, 0.1) is 11.3 Å². The van der Waals surface area contributed by atoms with Crippen LogP contribution < -0.4 is 9.47 Å². The lowest BCUT2D eigenvalue weighted by molar-refractivity contribution is 0.159. The highest BCUT2D eigenvalue weighted by atomic mass is 16.5. The fraction of sp³-hybridized carbons (Fsp3) is 0.500. The van der Waals surface area contributed by atoms with Gasteiger partial charge in [0.2, 0.25) is 0 Å². The molecule has 0 aliphatic carbocycles. The van der Waals surface area contributed by atoms with E-state index in [9.17, 15) is 5.26 Å². The summed E-state index contributed by atoms with van der Waals surface area (Å²) < 4.78 is 10.8. The summed E-state index contributed by atoms with van der Waals surface area (Å²) >= 11 is 0. The Balaban J connectivity index is 2.02. The van der Waals surface area contributed by atoms with Crippen LogP contribution in [0.3, 0.4) is 0 Å². The van der Waals surface area contributed by atoms with Gasteiger partial charge in [-0.15, -0.1) is 0 Å². The molecular weight excluding hydrogens is 306 g/mol. The van der Waals surface area contributed by atoms with Crippen LogP contribution in [0.15, 0.2) is 17.7 Å². The van der Waals surface area contributed by atoms with Gasteiger partial charge in [-0.2, -0.15) is 5.26 Å². The third-order valence-electron chi connectivity index (χ3n) is 4.64. The second-order valence-electron chi connectivity index (χ2n) is 6.09. The number of aliphatic hydroxyl groups excluding tert-OH is 1. The van der Waals surface area contributed by atoms with Gasteiger partial charge in [-0.05, 0) is 30.5 Å². The second-order valence-corrected chi connectivity index (χ2v) is 6.09. The van der Waals surface area contributed by atoms with Gasteiger partial charge in [0, 0.05) is 31.8 Å². The number of benzene rings is 1. The quantitative estimate of drug-likeness (QED) is 0.882. The van der Waals surface area contributed by atoms with Crippen molar-refractivity contribution in [2.45, 2.75) is 12.8 Å². The van der Waals surface area contributed by atoms with Gasteiger partial charge in [0.05, 0.1) is 38.2 Å². The van der Waals surface area contributed by atoms with Crippen LogP contribution in [-0.2, 0) is 6.42 Å². The molecule has 6 nitrogen and oxygen atoms in total. The van der Waals surface area contributed by atoms with E-state index in [0.717, 1.165) is 55.2 Å². The van der Waals surface area contributed by atoms with Gasteiger partial charge in [0.15, 0.2) is 11.5 Å². The number of aliphatic hydroxyl groups is 1. The van der Waals surface area contributed by atoms with Gasteiger partial charge < -0.3 is 19.5 Å². The number of rotatable bonds is 5. The number of fused-ring (bicyclic) bond motifs is 3. The Morgan fingerprint density at radius 2 is 2.00 bits per heavy atom. The third-order valence-corrected chi connectivity index (χ3v) is 4.64. The molecule has 6 heteroatoms. The van der Waals surface area contributed by atoms with E-state index in [1.54, 1.807) is 14.2 Å². The predicted molar refractivity (Wildman–Crippen MR) is 90.6 cm³/mol. The van der Waals surface area contributed by atoms with Crippen molar-refractivity contribution in [3.63, 3.8) is 0 Å². The molecule has 0 aromatic heterocycles. The first-order valence-corrected chi connectivity index (χ1v) is 8.18. The molecule has 0 amide bonds. The van der Waals surface area contributed by atoms with Crippen LogP contribution in [0.4, 0.5) is 0 Å². The minimum atomic E-state index is 0.175. The molecular formula is C18H23N3O3. The summed E-state index contributed by atoms with van der Waals surface area (Å²) in [6, 6.07) is 6.38. The molecule has 24 heavy (non-hydrogen) atoms. The Hall–Kier alpha value is -2.23. The molecule has 0 saturated heterocycles. The summed E-state index contributed by atoms with van der Waals surface area (Å²) in [7, 11) is 3.26. The molecule has 1 aromatic rings. The Morgan fingerprint density at radius 1 is 1.25 bits per heavy atom. The molecule has 0 unspecified atom stereocenters. The van der Waals surface area contributed by atoms with Crippen LogP contribution in [0.1, 0.15) is 17.5 Å². The summed E-state index contributed by atoms with van der Waals surface area (Å²) in [6.07, 6.45) is 1.63. The topological polar surface area (TPSA) is 69.0 Å². The van der Waals surface area contributed by atoms with E-state index < -0.39 is 0 Å². The fourth-order valence-electron chi connectivity index (χ4n) is 3.50.